The lowest BCUT2D eigenvalue weighted by Crippen LogP contribution is -2.41. The first kappa shape index (κ1) is 15.6. The molecule has 1 amide bonds. The van der Waals surface area contributed by atoms with Crippen LogP contribution in [-0.4, -0.2) is 41.3 Å². The molecule has 1 aromatic rings. The number of anilines is 1. The molecule has 0 radical (unpaired) electrons. The van der Waals surface area contributed by atoms with Crippen LogP contribution in [-0.2, 0) is 9.59 Å². The van der Waals surface area contributed by atoms with E-state index in [9.17, 15) is 9.59 Å². The molecule has 0 fully saturated rings. The summed E-state index contributed by atoms with van der Waals surface area (Å²) >= 11 is 3.28. The highest BCUT2D eigenvalue weighted by atomic mass is 79.9. The van der Waals surface area contributed by atoms with Crippen molar-refractivity contribution < 1.29 is 19.8 Å². The Morgan fingerprint density at radius 2 is 1.89 bits per heavy atom. The fourth-order valence-corrected chi connectivity index (χ4v) is 1.68. The van der Waals surface area contributed by atoms with Crippen molar-refractivity contribution in [3.8, 4) is 0 Å². The Morgan fingerprint density at radius 3 is 2.42 bits per heavy atom. The van der Waals surface area contributed by atoms with Crippen LogP contribution >= 0.6 is 15.9 Å². The van der Waals surface area contributed by atoms with Crippen molar-refractivity contribution in [2.45, 2.75) is 12.5 Å². The molecule has 0 saturated carbocycles. The third kappa shape index (κ3) is 5.82. The second-order valence-corrected chi connectivity index (χ2v) is 4.74. The molecule has 0 spiro atoms. The van der Waals surface area contributed by atoms with Gasteiger partial charge in [-0.3, -0.25) is 9.59 Å². The third-order valence-electron chi connectivity index (χ3n) is 2.32. The van der Waals surface area contributed by atoms with Gasteiger partial charge in [0.15, 0.2) is 0 Å². The Kier molecular flexibility index (Phi) is 6.48. The standard InChI is InChI=1S/C12H15BrN2O4/c13-8-1-3-9(4-2-8)15-11(17)7-10(12(18)19)14-5-6-16/h1-4,10,14,16H,5-7H2,(H,15,17)(H,18,19). The van der Waals surface area contributed by atoms with Gasteiger partial charge in [-0.15, -0.1) is 0 Å². The highest BCUT2D eigenvalue weighted by molar-refractivity contribution is 9.10. The van der Waals surface area contributed by atoms with Crippen molar-refractivity contribution in [1.82, 2.24) is 5.32 Å². The normalized spacial score (nSPS) is 11.9. The van der Waals surface area contributed by atoms with Crippen LogP contribution < -0.4 is 10.6 Å². The molecule has 0 aliphatic rings. The van der Waals surface area contributed by atoms with Crippen molar-refractivity contribution >= 4 is 33.5 Å². The number of halogens is 1. The average Bonchev–Trinajstić information content (AvgIpc) is 2.37. The number of nitrogens with one attached hydrogen (secondary N) is 2. The minimum Gasteiger partial charge on any atom is -0.480 e. The monoisotopic (exact) mass is 330 g/mol. The molecule has 6 nitrogen and oxygen atoms in total. The number of hydrogen-bond donors (Lipinski definition) is 4. The number of carbonyl (C=O) groups is 2. The van der Waals surface area contributed by atoms with Crippen molar-refractivity contribution in [1.29, 1.82) is 0 Å². The number of carboxylic acids is 1. The minimum atomic E-state index is -1.13. The highest BCUT2D eigenvalue weighted by Gasteiger charge is 2.20. The van der Waals surface area contributed by atoms with Crippen molar-refractivity contribution in [3.63, 3.8) is 0 Å². The molecule has 7 heteroatoms. The van der Waals surface area contributed by atoms with Crippen molar-refractivity contribution in [2.75, 3.05) is 18.5 Å². The van der Waals surface area contributed by atoms with Gasteiger partial charge in [-0.2, -0.15) is 0 Å². The number of carbonyl (C=O) groups excluding carboxylic acids is 1. The van der Waals surface area contributed by atoms with E-state index in [0.29, 0.717) is 5.69 Å². The fraction of sp³-hybridized carbons (Fsp3) is 0.333. The highest BCUT2D eigenvalue weighted by Crippen LogP contribution is 2.14. The maximum absolute atomic E-state index is 11.7. The largest absolute Gasteiger partial charge is 0.480 e. The van der Waals surface area contributed by atoms with Gasteiger partial charge in [0.05, 0.1) is 13.0 Å². The molecule has 0 aromatic heterocycles. The summed E-state index contributed by atoms with van der Waals surface area (Å²) in [4.78, 5) is 22.6. The zero-order valence-electron chi connectivity index (χ0n) is 10.1. The first-order chi connectivity index (χ1) is 9.02. The number of hydrogen-bond acceptors (Lipinski definition) is 4. The molecule has 104 valence electrons. The van der Waals surface area contributed by atoms with E-state index in [-0.39, 0.29) is 19.6 Å². The molecular formula is C12H15BrN2O4. The molecule has 0 heterocycles. The van der Waals surface area contributed by atoms with Crippen LogP contribution in [0.1, 0.15) is 6.42 Å². The molecule has 0 saturated heterocycles. The molecule has 19 heavy (non-hydrogen) atoms. The van der Waals surface area contributed by atoms with E-state index in [1.54, 1.807) is 24.3 Å². The van der Waals surface area contributed by atoms with Gasteiger partial charge < -0.3 is 20.8 Å². The topological polar surface area (TPSA) is 98.7 Å². The zero-order chi connectivity index (χ0) is 14.3. The Balaban J connectivity index is 2.52. The summed E-state index contributed by atoms with van der Waals surface area (Å²) in [5.41, 5.74) is 0.597. The zero-order valence-corrected chi connectivity index (χ0v) is 11.7. The van der Waals surface area contributed by atoms with Gasteiger partial charge in [-0.25, -0.2) is 0 Å². The van der Waals surface area contributed by atoms with Gasteiger partial charge in [0.25, 0.3) is 0 Å². The van der Waals surface area contributed by atoms with E-state index >= 15 is 0 Å². The van der Waals surface area contributed by atoms with Gasteiger partial charge in [0.1, 0.15) is 6.04 Å². The smallest absolute Gasteiger partial charge is 0.321 e. The van der Waals surface area contributed by atoms with E-state index in [0.717, 1.165) is 4.47 Å². The lowest BCUT2D eigenvalue weighted by Gasteiger charge is -2.13. The Labute approximate surface area is 118 Å². The van der Waals surface area contributed by atoms with Gasteiger partial charge >= 0.3 is 5.97 Å². The number of rotatable bonds is 7. The van der Waals surface area contributed by atoms with Gasteiger partial charge in [0, 0.05) is 16.7 Å². The van der Waals surface area contributed by atoms with E-state index < -0.39 is 17.9 Å². The molecule has 4 N–H and O–H groups in total. The van der Waals surface area contributed by atoms with Crippen LogP contribution in [0.3, 0.4) is 0 Å². The van der Waals surface area contributed by atoms with Crippen molar-refractivity contribution in [2.24, 2.45) is 0 Å². The van der Waals surface area contributed by atoms with Crippen LogP contribution in [0.4, 0.5) is 5.69 Å². The molecular weight excluding hydrogens is 316 g/mol. The van der Waals surface area contributed by atoms with Crippen LogP contribution in [0.25, 0.3) is 0 Å². The number of carboxylic acid groups (broad SMARTS) is 1. The molecule has 0 aliphatic carbocycles. The SMILES string of the molecule is O=C(CC(NCCO)C(=O)O)Nc1ccc(Br)cc1. The van der Waals surface area contributed by atoms with Gasteiger partial charge in [-0.05, 0) is 24.3 Å². The molecule has 1 aromatic carbocycles. The molecule has 0 aliphatic heterocycles. The lowest BCUT2D eigenvalue weighted by atomic mass is 10.2. The number of aliphatic hydroxyl groups is 1. The first-order valence-corrected chi connectivity index (χ1v) is 6.44. The summed E-state index contributed by atoms with van der Waals surface area (Å²) in [5, 5.41) is 22.7. The molecule has 1 atom stereocenters. The predicted octanol–water partition coefficient (Wildman–Crippen LogP) is 0.813. The first-order valence-electron chi connectivity index (χ1n) is 5.65. The van der Waals surface area contributed by atoms with E-state index in [2.05, 4.69) is 26.6 Å². The average molecular weight is 331 g/mol. The maximum Gasteiger partial charge on any atom is 0.321 e. The van der Waals surface area contributed by atoms with Crippen LogP contribution in [0, 0.1) is 0 Å². The summed E-state index contributed by atoms with van der Waals surface area (Å²) in [7, 11) is 0. The number of aliphatic hydroxyl groups excluding tert-OH is 1. The lowest BCUT2D eigenvalue weighted by molar-refractivity contribution is -0.141. The predicted molar refractivity (Wildman–Crippen MR) is 73.9 cm³/mol. The van der Waals surface area contributed by atoms with E-state index in [1.807, 2.05) is 0 Å². The molecule has 0 bridgehead atoms. The Morgan fingerprint density at radius 1 is 1.26 bits per heavy atom. The fourth-order valence-electron chi connectivity index (χ4n) is 1.42. The van der Waals surface area contributed by atoms with E-state index in [1.165, 1.54) is 0 Å². The van der Waals surface area contributed by atoms with Crippen molar-refractivity contribution in [3.05, 3.63) is 28.7 Å². The third-order valence-corrected chi connectivity index (χ3v) is 2.85. The number of amides is 1. The summed E-state index contributed by atoms with van der Waals surface area (Å²) in [6.07, 6.45) is -0.203. The molecule has 1 rings (SSSR count). The summed E-state index contributed by atoms with van der Waals surface area (Å²) in [6, 6.07) is 5.95. The van der Waals surface area contributed by atoms with E-state index in [4.69, 9.17) is 10.2 Å². The Hall–Kier alpha value is -1.44. The maximum atomic E-state index is 11.7. The quantitative estimate of drug-likeness (QED) is 0.593. The van der Waals surface area contributed by atoms with Crippen LogP contribution in [0.5, 0.6) is 0 Å². The second-order valence-electron chi connectivity index (χ2n) is 3.83. The summed E-state index contributed by atoms with van der Waals surface area (Å²) < 4.78 is 0.888. The summed E-state index contributed by atoms with van der Waals surface area (Å²) in [5.74, 6) is -1.53. The van der Waals surface area contributed by atoms with Crippen LogP contribution in [0.15, 0.2) is 28.7 Å². The number of aliphatic carboxylic acids is 1. The van der Waals surface area contributed by atoms with Gasteiger partial charge in [-0.1, -0.05) is 15.9 Å². The van der Waals surface area contributed by atoms with Gasteiger partial charge in [0.2, 0.25) is 5.91 Å². The van der Waals surface area contributed by atoms with Crippen LogP contribution in [0.2, 0.25) is 0 Å². The molecule has 1 unspecified atom stereocenters. The second kappa shape index (κ2) is 7.88. The minimum absolute atomic E-state index is 0.128. The summed E-state index contributed by atoms with van der Waals surface area (Å²) in [6.45, 7) is -0.0549. The Bertz CT molecular complexity index is 436. The number of benzene rings is 1.